The number of rotatable bonds is 1. The molecule has 2 heterocycles. The van der Waals surface area contributed by atoms with Gasteiger partial charge in [0, 0.05) is 17.1 Å². The SMILES string of the molecule is Fc1ccc(-c2nc3sccn3c2I)cc1. The first-order chi connectivity index (χ1) is 7.75. The zero-order valence-electron chi connectivity index (χ0n) is 8.02. The van der Waals surface area contributed by atoms with Gasteiger partial charge in [-0.3, -0.25) is 4.40 Å². The number of halogens is 2. The van der Waals surface area contributed by atoms with Crippen molar-refractivity contribution in [3.05, 3.63) is 45.4 Å². The van der Waals surface area contributed by atoms with Crippen LogP contribution in [0.3, 0.4) is 0 Å². The number of fused-ring (bicyclic) bond motifs is 1. The standard InChI is InChI=1S/C11H6FIN2S/c12-8-3-1-7(2-4-8)9-10(13)15-5-6-16-11(15)14-9/h1-6H. The molecule has 5 heteroatoms. The predicted octanol–water partition coefficient (Wildman–Crippen LogP) is 3.81. The van der Waals surface area contributed by atoms with E-state index in [-0.39, 0.29) is 5.82 Å². The van der Waals surface area contributed by atoms with E-state index in [1.807, 2.05) is 16.0 Å². The molecule has 0 saturated carbocycles. The zero-order valence-corrected chi connectivity index (χ0v) is 11.0. The van der Waals surface area contributed by atoms with Crippen LogP contribution in [0.15, 0.2) is 35.8 Å². The van der Waals surface area contributed by atoms with Crippen molar-refractivity contribution in [2.45, 2.75) is 0 Å². The number of thiazole rings is 1. The van der Waals surface area contributed by atoms with Gasteiger partial charge in [-0.15, -0.1) is 11.3 Å². The van der Waals surface area contributed by atoms with E-state index in [0.717, 1.165) is 19.9 Å². The molecule has 2 aromatic heterocycles. The van der Waals surface area contributed by atoms with E-state index >= 15 is 0 Å². The first-order valence-corrected chi connectivity index (χ1v) is 6.58. The molecule has 0 atom stereocenters. The first kappa shape index (κ1) is 10.2. The van der Waals surface area contributed by atoms with E-state index in [0.29, 0.717) is 0 Å². The third kappa shape index (κ3) is 1.54. The summed E-state index contributed by atoms with van der Waals surface area (Å²) >= 11 is 3.85. The van der Waals surface area contributed by atoms with Gasteiger partial charge in [0.25, 0.3) is 0 Å². The zero-order chi connectivity index (χ0) is 11.1. The van der Waals surface area contributed by atoms with Gasteiger partial charge >= 0.3 is 0 Å². The maximum Gasteiger partial charge on any atom is 0.195 e. The monoisotopic (exact) mass is 344 g/mol. The second kappa shape index (κ2) is 3.81. The van der Waals surface area contributed by atoms with Crippen LogP contribution in [0.25, 0.3) is 16.2 Å². The number of hydrogen-bond acceptors (Lipinski definition) is 2. The summed E-state index contributed by atoms with van der Waals surface area (Å²) in [6.45, 7) is 0. The Hall–Kier alpha value is -0.950. The van der Waals surface area contributed by atoms with Crippen LogP contribution in [-0.2, 0) is 0 Å². The van der Waals surface area contributed by atoms with Crippen LogP contribution in [0.1, 0.15) is 0 Å². The van der Waals surface area contributed by atoms with Gasteiger partial charge in [-0.05, 0) is 46.9 Å². The summed E-state index contributed by atoms with van der Waals surface area (Å²) in [5.74, 6) is -0.222. The van der Waals surface area contributed by atoms with Crippen LogP contribution in [0.2, 0.25) is 0 Å². The van der Waals surface area contributed by atoms with E-state index < -0.39 is 0 Å². The van der Waals surface area contributed by atoms with Crippen molar-refractivity contribution >= 4 is 38.9 Å². The van der Waals surface area contributed by atoms with Crippen molar-refractivity contribution in [3.8, 4) is 11.3 Å². The normalized spacial score (nSPS) is 11.1. The summed E-state index contributed by atoms with van der Waals surface area (Å²) < 4.78 is 15.9. The summed E-state index contributed by atoms with van der Waals surface area (Å²) in [6.07, 6.45) is 1.99. The fraction of sp³-hybridized carbons (Fsp3) is 0. The molecule has 0 fully saturated rings. The Morgan fingerprint density at radius 1 is 1.25 bits per heavy atom. The smallest absolute Gasteiger partial charge is 0.195 e. The van der Waals surface area contributed by atoms with Crippen LogP contribution < -0.4 is 0 Å². The second-order valence-electron chi connectivity index (χ2n) is 3.31. The minimum atomic E-state index is -0.222. The summed E-state index contributed by atoms with van der Waals surface area (Å²) in [5.41, 5.74) is 1.86. The van der Waals surface area contributed by atoms with E-state index in [1.54, 1.807) is 23.5 Å². The van der Waals surface area contributed by atoms with Gasteiger partial charge in [0.2, 0.25) is 0 Å². The molecule has 0 aliphatic heterocycles. The van der Waals surface area contributed by atoms with Gasteiger partial charge in [0.1, 0.15) is 15.2 Å². The van der Waals surface area contributed by atoms with Gasteiger partial charge in [-0.2, -0.15) is 0 Å². The van der Waals surface area contributed by atoms with Crippen LogP contribution in [0.4, 0.5) is 4.39 Å². The molecule has 3 aromatic rings. The van der Waals surface area contributed by atoms with Crippen molar-refractivity contribution in [2.75, 3.05) is 0 Å². The summed E-state index contributed by atoms with van der Waals surface area (Å²) in [7, 11) is 0. The van der Waals surface area contributed by atoms with Crippen LogP contribution >= 0.6 is 33.9 Å². The molecule has 0 aliphatic rings. The third-order valence-corrected chi connectivity index (χ3v) is 4.11. The van der Waals surface area contributed by atoms with Crippen LogP contribution in [0.5, 0.6) is 0 Å². The molecule has 16 heavy (non-hydrogen) atoms. The lowest BCUT2D eigenvalue weighted by Crippen LogP contribution is -1.84. The number of nitrogens with zero attached hydrogens (tertiary/aromatic N) is 2. The molecule has 80 valence electrons. The molecule has 1 aromatic carbocycles. The topological polar surface area (TPSA) is 17.3 Å². The average Bonchev–Trinajstić information content (AvgIpc) is 2.84. The van der Waals surface area contributed by atoms with Crippen molar-refractivity contribution in [1.29, 1.82) is 0 Å². The third-order valence-electron chi connectivity index (χ3n) is 2.32. The van der Waals surface area contributed by atoms with Gasteiger partial charge in [-0.25, -0.2) is 9.37 Å². The second-order valence-corrected chi connectivity index (χ2v) is 5.21. The average molecular weight is 344 g/mol. The molecule has 0 aliphatic carbocycles. The highest BCUT2D eigenvalue weighted by Gasteiger charge is 2.11. The van der Waals surface area contributed by atoms with E-state index in [1.165, 1.54) is 12.1 Å². The Kier molecular flexibility index (Phi) is 2.44. The van der Waals surface area contributed by atoms with E-state index in [4.69, 9.17) is 0 Å². The number of hydrogen-bond donors (Lipinski definition) is 0. The molecule has 2 nitrogen and oxygen atoms in total. The lowest BCUT2D eigenvalue weighted by molar-refractivity contribution is 0.628. The molecular formula is C11H6FIN2S. The van der Waals surface area contributed by atoms with Gasteiger partial charge < -0.3 is 0 Å². The van der Waals surface area contributed by atoms with E-state index in [9.17, 15) is 4.39 Å². The van der Waals surface area contributed by atoms with Gasteiger partial charge in [0.15, 0.2) is 4.96 Å². The molecule has 0 N–H and O–H groups in total. The molecular weight excluding hydrogens is 338 g/mol. The highest BCUT2D eigenvalue weighted by atomic mass is 127. The lowest BCUT2D eigenvalue weighted by Gasteiger charge is -1.97. The summed E-state index contributed by atoms with van der Waals surface area (Å²) in [5, 5.41) is 2.00. The van der Waals surface area contributed by atoms with Crippen molar-refractivity contribution in [2.24, 2.45) is 0 Å². The van der Waals surface area contributed by atoms with Crippen LogP contribution in [0, 0.1) is 9.52 Å². The Morgan fingerprint density at radius 2 is 2.00 bits per heavy atom. The summed E-state index contributed by atoms with van der Waals surface area (Å²) in [6, 6.07) is 6.42. The Balaban J connectivity index is 2.21. The fourth-order valence-electron chi connectivity index (χ4n) is 1.55. The summed E-state index contributed by atoms with van der Waals surface area (Å²) in [4.78, 5) is 5.49. The number of aromatic nitrogens is 2. The van der Waals surface area contributed by atoms with Gasteiger partial charge in [0.05, 0.1) is 0 Å². The van der Waals surface area contributed by atoms with Gasteiger partial charge in [-0.1, -0.05) is 0 Å². The largest absolute Gasteiger partial charge is 0.285 e. The van der Waals surface area contributed by atoms with Crippen molar-refractivity contribution in [1.82, 2.24) is 9.38 Å². The molecule has 0 bridgehead atoms. The van der Waals surface area contributed by atoms with E-state index in [2.05, 4.69) is 27.6 Å². The molecule has 0 unspecified atom stereocenters. The number of benzene rings is 1. The minimum absolute atomic E-state index is 0.222. The maximum atomic E-state index is 12.8. The fourth-order valence-corrected chi connectivity index (χ4v) is 3.25. The van der Waals surface area contributed by atoms with Crippen LogP contribution in [-0.4, -0.2) is 9.38 Å². The number of imidazole rings is 1. The Labute approximate surface area is 109 Å². The molecule has 3 rings (SSSR count). The first-order valence-electron chi connectivity index (χ1n) is 4.63. The molecule has 0 radical (unpaired) electrons. The van der Waals surface area contributed by atoms with Crippen molar-refractivity contribution < 1.29 is 4.39 Å². The predicted molar refractivity (Wildman–Crippen MR) is 71.2 cm³/mol. The lowest BCUT2D eigenvalue weighted by atomic mass is 10.2. The molecule has 0 amide bonds. The minimum Gasteiger partial charge on any atom is -0.285 e. The Morgan fingerprint density at radius 3 is 2.69 bits per heavy atom. The maximum absolute atomic E-state index is 12.8. The highest BCUT2D eigenvalue weighted by molar-refractivity contribution is 14.1. The highest BCUT2D eigenvalue weighted by Crippen LogP contribution is 2.27. The molecule has 0 spiro atoms. The van der Waals surface area contributed by atoms with Crippen molar-refractivity contribution in [3.63, 3.8) is 0 Å². The molecule has 0 saturated heterocycles. The Bertz CT molecular complexity index is 642. The quantitative estimate of drug-likeness (QED) is 0.614.